The summed E-state index contributed by atoms with van der Waals surface area (Å²) in [6, 6.07) is 12.8. The van der Waals surface area contributed by atoms with Crippen molar-refractivity contribution in [1.29, 1.82) is 5.26 Å². The number of hydrogen-bond acceptors (Lipinski definition) is 5. The van der Waals surface area contributed by atoms with Crippen molar-refractivity contribution in [2.75, 3.05) is 38.0 Å². The normalized spacial score (nSPS) is 22.3. The molecule has 2 atom stereocenters. The fraction of sp³-hybridized carbons (Fsp3) is 0.409. The van der Waals surface area contributed by atoms with Crippen LogP contribution in [0.5, 0.6) is 0 Å². The SMILES string of the molecule is N#Cc1ccc(-c2cc(CC3CNCCO3)ccc2/N=S2/CCCOC2)cc1F. The van der Waals surface area contributed by atoms with Crippen LogP contribution in [0, 0.1) is 17.1 Å². The molecule has 29 heavy (non-hydrogen) atoms. The van der Waals surface area contributed by atoms with E-state index < -0.39 is 5.82 Å². The molecule has 1 N–H and O–H groups in total. The van der Waals surface area contributed by atoms with Crippen LogP contribution in [0.25, 0.3) is 11.1 Å². The smallest absolute Gasteiger partial charge is 0.141 e. The molecule has 2 aromatic carbocycles. The monoisotopic (exact) mass is 413 g/mol. The summed E-state index contributed by atoms with van der Waals surface area (Å²) in [6.07, 6.45) is 1.93. The molecule has 2 aromatic rings. The minimum absolute atomic E-state index is 0.0487. The van der Waals surface area contributed by atoms with Crippen LogP contribution in [0.4, 0.5) is 10.1 Å². The molecule has 5 nitrogen and oxygen atoms in total. The van der Waals surface area contributed by atoms with Crippen LogP contribution in [-0.2, 0) is 26.6 Å². The van der Waals surface area contributed by atoms with Gasteiger partial charge >= 0.3 is 0 Å². The average Bonchev–Trinajstić information content (AvgIpc) is 2.76. The Hall–Kier alpha value is -2.11. The summed E-state index contributed by atoms with van der Waals surface area (Å²) in [5.41, 5.74) is 3.63. The number of nitrogens with zero attached hydrogens (tertiary/aromatic N) is 2. The lowest BCUT2D eigenvalue weighted by Gasteiger charge is -2.24. The number of morpholine rings is 1. The Morgan fingerprint density at radius 1 is 1.24 bits per heavy atom. The molecule has 7 heteroatoms. The van der Waals surface area contributed by atoms with E-state index in [1.54, 1.807) is 6.07 Å². The number of hydrogen-bond donors (Lipinski definition) is 1. The molecular weight excluding hydrogens is 389 g/mol. The van der Waals surface area contributed by atoms with Gasteiger partial charge in [0.2, 0.25) is 0 Å². The van der Waals surface area contributed by atoms with E-state index in [1.165, 1.54) is 12.1 Å². The number of benzene rings is 2. The van der Waals surface area contributed by atoms with E-state index in [9.17, 15) is 4.39 Å². The molecule has 0 amide bonds. The largest absolute Gasteiger partial charge is 0.375 e. The van der Waals surface area contributed by atoms with Gasteiger partial charge in [-0.25, -0.2) is 8.75 Å². The minimum atomic E-state index is -0.510. The lowest BCUT2D eigenvalue weighted by atomic mass is 9.97. The van der Waals surface area contributed by atoms with Gasteiger partial charge in [-0.15, -0.1) is 0 Å². The first-order chi connectivity index (χ1) is 14.2. The second-order valence-electron chi connectivity index (χ2n) is 7.20. The van der Waals surface area contributed by atoms with Gasteiger partial charge in [0.1, 0.15) is 17.8 Å². The van der Waals surface area contributed by atoms with Gasteiger partial charge in [0.15, 0.2) is 0 Å². The minimum Gasteiger partial charge on any atom is -0.375 e. The van der Waals surface area contributed by atoms with E-state index in [4.69, 9.17) is 19.1 Å². The number of ether oxygens (including phenoxy) is 2. The summed E-state index contributed by atoms with van der Waals surface area (Å²) in [5.74, 6) is 1.15. The molecule has 4 rings (SSSR count). The summed E-state index contributed by atoms with van der Waals surface area (Å²) in [7, 11) is -0.182. The average molecular weight is 414 g/mol. The molecule has 2 aliphatic heterocycles. The van der Waals surface area contributed by atoms with E-state index in [2.05, 4.69) is 17.4 Å². The summed E-state index contributed by atoms with van der Waals surface area (Å²) < 4.78 is 30.6. The highest BCUT2D eigenvalue weighted by atomic mass is 32.2. The molecule has 0 aliphatic carbocycles. The van der Waals surface area contributed by atoms with Crippen molar-refractivity contribution in [3.05, 3.63) is 53.3 Å². The first kappa shape index (κ1) is 20.2. The highest BCUT2D eigenvalue weighted by molar-refractivity contribution is 7.87. The van der Waals surface area contributed by atoms with Crippen LogP contribution in [0.2, 0.25) is 0 Å². The quantitative estimate of drug-likeness (QED) is 0.830. The van der Waals surface area contributed by atoms with E-state index in [0.717, 1.165) is 60.7 Å². The number of nitrogens with one attached hydrogen (secondary N) is 1. The van der Waals surface area contributed by atoms with Crippen molar-refractivity contribution in [2.45, 2.75) is 18.9 Å². The first-order valence-corrected chi connectivity index (χ1v) is 11.4. The molecular formula is C22H24FN3O2S. The van der Waals surface area contributed by atoms with Crippen molar-refractivity contribution < 1.29 is 13.9 Å². The van der Waals surface area contributed by atoms with Crippen molar-refractivity contribution in [3.63, 3.8) is 0 Å². The van der Waals surface area contributed by atoms with Crippen molar-refractivity contribution in [2.24, 2.45) is 4.36 Å². The highest BCUT2D eigenvalue weighted by Crippen LogP contribution is 2.34. The van der Waals surface area contributed by atoms with Gasteiger partial charge in [-0.3, -0.25) is 0 Å². The van der Waals surface area contributed by atoms with Crippen LogP contribution in [0.3, 0.4) is 0 Å². The fourth-order valence-corrected chi connectivity index (χ4v) is 5.02. The molecule has 2 unspecified atom stereocenters. The molecule has 0 saturated carbocycles. The lowest BCUT2D eigenvalue weighted by molar-refractivity contribution is 0.0292. The highest BCUT2D eigenvalue weighted by Gasteiger charge is 2.16. The number of nitriles is 1. The van der Waals surface area contributed by atoms with Crippen LogP contribution in [0.1, 0.15) is 17.5 Å². The van der Waals surface area contributed by atoms with Crippen molar-refractivity contribution in [1.82, 2.24) is 5.32 Å². The van der Waals surface area contributed by atoms with E-state index in [1.807, 2.05) is 12.1 Å². The third-order valence-corrected chi connectivity index (χ3v) is 6.70. The summed E-state index contributed by atoms with van der Waals surface area (Å²) >= 11 is 0. The second kappa shape index (κ2) is 9.59. The number of halogens is 1. The predicted molar refractivity (Wildman–Crippen MR) is 113 cm³/mol. The summed E-state index contributed by atoms with van der Waals surface area (Å²) in [4.78, 5) is 0. The van der Waals surface area contributed by atoms with Crippen LogP contribution >= 0.6 is 0 Å². The Bertz CT molecular complexity index is 944. The summed E-state index contributed by atoms with van der Waals surface area (Å²) in [6.45, 7) is 3.22. The molecule has 0 aromatic heterocycles. The maximum absolute atomic E-state index is 14.3. The van der Waals surface area contributed by atoms with Crippen LogP contribution in [0.15, 0.2) is 40.8 Å². The topological polar surface area (TPSA) is 66.6 Å². The van der Waals surface area contributed by atoms with Crippen molar-refractivity contribution in [3.8, 4) is 17.2 Å². The van der Waals surface area contributed by atoms with Gasteiger partial charge in [0.05, 0.1) is 24.0 Å². The molecule has 2 aliphatic rings. The van der Waals surface area contributed by atoms with E-state index in [-0.39, 0.29) is 22.4 Å². The van der Waals surface area contributed by atoms with Gasteiger partial charge in [-0.2, -0.15) is 5.26 Å². The van der Waals surface area contributed by atoms with E-state index in [0.29, 0.717) is 12.5 Å². The molecule has 0 bridgehead atoms. The zero-order chi connectivity index (χ0) is 20.1. The molecule has 0 radical (unpaired) electrons. The molecule has 2 saturated heterocycles. The third-order valence-electron chi connectivity index (χ3n) is 5.04. The van der Waals surface area contributed by atoms with Gasteiger partial charge in [-0.05, 0) is 48.2 Å². The van der Waals surface area contributed by atoms with Crippen LogP contribution < -0.4 is 5.32 Å². The van der Waals surface area contributed by atoms with Gasteiger partial charge in [0.25, 0.3) is 0 Å². The Labute approximate surface area is 172 Å². The maximum atomic E-state index is 14.3. The predicted octanol–water partition coefficient (Wildman–Crippen LogP) is 3.71. The van der Waals surface area contributed by atoms with Gasteiger partial charge in [0, 0.05) is 31.0 Å². The van der Waals surface area contributed by atoms with Gasteiger partial charge < -0.3 is 14.8 Å². The second-order valence-corrected chi connectivity index (χ2v) is 8.95. The third kappa shape index (κ3) is 5.09. The molecule has 2 fully saturated rings. The Morgan fingerprint density at radius 2 is 2.17 bits per heavy atom. The Morgan fingerprint density at radius 3 is 2.90 bits per heavy atom. The Balaban J connectivity index is 1.70. The molecule has 152 valence electrons. The fourth-order valence-electron chi connectivity index (χ4n) is 3.56. The summed E-state index contributed by atoms with van der Waals surface area (Å²) in [5, 5.41) is 12.4. The Kier molecular flexibility index (Phi) is 6.67. The number of rotatable bonds is 4. The van der Waals surface area contributed by atoms with Gasteiger partial charge in [-0.1, -0.05) is 22.8 Å². The zero-order valence-corrected chi connectivity index (χ0v) is 17.0. The van der Waals surface area contributed by atoms with E-state index >= 15 is 0 Å². The lowest BCUT2D eigenvalue weighted by Crippen LogP contribution is -2.39. The van der Waals surface area contributed by atoms with Crippen molar-refractivity contribution >= 4 is 16.4 Å². The first-order valence-electron chi connectivity index (χ1n) is 9.85. The van der Waals surface area contributed by atoms with Crippen LogP contribution in [-0.4, -0.2) is 44.1 Å². The molecule has 2 heterocycles. The maximum Gasteiger partial charge on any atom is 0.141 e. The molecule has 0 spiro atoms. The zero-order valence-electron chi connectivity index (χ0n) is 16.2. The standard InChI is InChI=1S/C22H24FN3O2S/c23-21-12-17(3-4-18(21)13-24)20-11-16(10-19-14-25-6-8-28-19)2-5-22(20)26-29-9-1-7-27-15-29/h2-5,11-12,19,25H,1,6-10,14-15H2.